The third kappa shape index (κ3) is 4.61. The Hall–Kier alpha value is -1.40. The molecule has 0 aromatic carbocycles. The molecule has 20 heavy (non-hydrogen) atoms. The number of ether oxygens (including phenoxy) is 1. The molecule has 8 heteroatoms. The lowest BCUT2D eigenvalue weighted by molar-refractivity contribution is -0.143. The summed E-state index contributed by atoms with van der Waals surface area (Å²) in [7, 11) is 1.26. The van der Waals surface area contributed by atoms with Crippen LogP contribution >= 0.6 is 23.2 Å². The number of carbonyl (C=O) groups is 2. The average Bonchev–Trinajstić information content (AvgIpc) is 2.39. The van der Waals surface area contributed by atoms with E-state index in [9.17, 15) is 9.59 Å². The van der Waals surface area contributed by atoms with Gasteiger partial charge in [-0.15, -0.1) is 10.2 Å². The van der Waals surface area contributed by atoms with E-state index in [1.807, 2.05) is 13.8 Å². The van der Waals surface area contributed by atoms with Gasteiger partial charge in [-0.2, -0.15) is 0 Å². The number of nitrogens with zero attached hydrogens (tertiary/aromatic N) is 2. The molecule has 0 aliphatic carbocycles. The number of aromatic nitrogens is 2. The minimum Gasteiger partial charge on any atom is -0.467 e. The van der Waals surface area contributed by atoms with Crippen molar-refractivity contribution < 1.29 is 14.3 Å². The maximum Gasteiger partial charge on any atom is 0.328 e. The van der Waals surface area contributed by atoms with Crippen LogP contribution in [0.5, 0.6) is 0 Å². The first-order valence-corrected chi connectivity index (χ1v) is 6.68. The van der Waals surface area contributed by atoms with Crippen LogP contribution in [0.15, 0.2) is 6.07 Å². The zero-order valence-corrected chi connectivity index (χ0v) is 12.8. The van der Waals surface area contributed by atoms with Crippen molar-refractivity contribution in [2.75, 3.05) is 7.11 Å². The molecule has 0 bridgehead atoms. The number of carbonyl (C=O) groups excluding carboxylic acids is 2. The Bertz CT molecular complexity index is 509. The summed E-state index contributed by atoms with van der Waals surface area (Å²) in [5.41, 5.74) is 0.0596. The number of hydrogen-bond acceptors (Lipinski definition) is 5. The summed E-state index contributed by atoms with van der Waals surface area (Å²) >= 11 is 11.5. The number of amides is 1. The molecule has 0 fully saturated rings. The second kappa shape index (κ2) is 7.40. The molecule has 1 atom stereocenters. The highest BCUT2D eigenvalue weighted by molar-refractivity contribution is 6.34. The largest absolute Gasteiger partial charge is 0.467 e. The van der Waals surface area contributed by atoms with E-state index in [1.54, 1.807) is 0 Å². The fourth-order valence-electron chi connectivity index (χ4n) is 1.58. The van der Waals surface area contributed by atoms with Crippen LogP contribution in [-0.2, 0) is 9.53 Å². The zero-order chi connectivity index (χ0) is 15.3. The van der Waals surface area contributed by atoms with Crippen LogP contribution in [0.25, 0.3) is 0 Å². The van der Waals surface area contributed by atoms with E-state index < -0.39 is 17.9 Å². The van der Waals surface area contributed by atoms with Crippen molar-refractivity contribution in [1.29, 1.82) is 0 Å². The molecule has 6 nitrogen and oxygen atoms in total. The summed E-state index contributed by atoms with van der Waals surface area (Å²) in [6.45, 7) is 3.86. The third-order valence-electron chi connectivity index (χ3n) is 2.46. The maximum atomic E-state index is 12.1. The molecule has 0 saturated carbocycles. The van der Waals surface area contributed by atoms with E-state index in [0.717, 1.165) is 0 Å². The number of esters is 1. The van der Waals surface area contributed by atoms with Gasteiger partial charge in [0.15, 0.2) is 10.3 Å². The predicted molar refractivity (Wildman–Crippen MR) is 74.8 cm³/mol. The molecule has 0 aliphatic heterocycles. The Kier molecular flexibility index (Phi) is 6.16. The number of hydrogen-bond donors (Lipinski definition) is 1. The van der Waals surface area contributed by atoms with E-state index >= 15 is 0 Å². The minimum atomic E-state index is -0.754. The molecular formula is C12H15Cl2N3O3. The van der Waals surface area contributed by atoms with Crippen LogP contribution in [0.3, 0.4) is 0 Å². The van der Waals surface area contributed by atoms with Gasteiger partial charge in [-0.25, -0.2) is 4.79 Å². The normalized spacial score (nSPS) is 12.1. The molecule has 1 rings (SSSR count). The molecule has 0 radical (unpaired) electrons. The van der Waals surface area contributed by atoms with Crippen molar-refractivity contribution in [2.45, 2.75) is 26.3 Å². The predicted octanol–water partition coefficient (Wildman–Crippen LogP) is 2.10. The first kappa shape index (κ1) is 16.7. The smallest absolute Gasteiger partial charge is 0.328 e. The Morgan fingerprint density at radius 1 is 1.35 bits per heavy atom. The highest BCUT2D eigenvalue weighted by atomic mass is 35.5. The monoisotopic (exact) mass is 319 g/mol. The lowest BCUT2D eigenvalue weighted by atomic mass is 10.0. The molecule has 0 spiro atoms. The van der Waals surface area contributed by atoms with Crippen molar-refractivity contribution in [3.8, 4) is 0 Å². The number of nitrogens with one attached hydrogen (secondary N) is 1. The summed E-state index contributed by atoms with van der Waals surface area (Å²) < 4.78 is 4.66. The summed E-state index contributed by atoms with van der Waals surface area (Å²) in [5, 5.41) is 9.57. The van der Waals surface area contributed by atoms with Gasteiger partial charge in [0.25, 0.3) is 5.91 Å². The third-order valence-corrected chi connectivity index (χ3v) is 2.93. The van der Waals surface area contributed by atoms with Gasteiger partial charge < -0.3 is 10.1 Å². The molecule has 1 aromatic heterocycles. The van der Waals surface area contributed by atoms with E-state index in [0.29, 0.717) is 6.42 Å². The Morgan fingerprint density at radius 3 is 2.55 bits per heavy atom. The van der Waals surface area contributed by atoms with Gasteiger partial charge >= 0.3 is 5.97 Å². The number of halogens is 2. The molecule has 0 aliphatic rings. The molecular weight excluding hydrogens is 305 g/mol. The highest BCUT2D eigenvalue weighted by Gasteiger charge is 2.24. The summed E-state index contributed by atoms with van der Waals surface area (Å²) in [5.74, 6) is -0.867. The average molecular weight is 320 g/mol. The Morgan fingerprint density at radius 2 is 2.00 bits per heavy atom. The van der Waals surface area contributed by atoms with Crippen molar-refractivity contribution in [3.05, 3.63) is 21.9 Å². The standard InChI is InChI=1S/C12H15Cl2N3O3/c1-6(2)4-8(12(19)20-3)15-11(18)7-5-9(13)16-17-10(7)14/h5-6,8H,4H2,1-3H3,(H,15,18). The van der Waals surface area contributed by atoms with Gasteiger partial charge in [0.05, 0.1) is 12.7 Å². The first-order chi connectivity index (χ1) is 9.35. The van der Waals surface area contributed by atoms with Crippen molar-refractivity contribution in [3.63, 3.8) is 0 Å². The second-order valence-electron chi connectivity index (χ2n) is 4.55. The Balaban J connectivity index is 2.90. The summed E-state index contributed by atoms with van der Waals surface area (Å²) in [4.78, 5) is 23.7. The highest BCUT2D eigenvalue weighted by Crippen LogP contribution is 2.16. The molecule has 110 valence electrons. The van der Waals surface area contributed by atoms with Gasteiger partial charge in [-0.3, -0.25) is 4.79 Å². The van der Waals surface area contributed by atoms with Crippen molar-refractivity contribution in [2.24, 2.45) is 5.92 Å². The van der Waals surface area contributed by atoms with E-state index in [4.69, 9.17) is 23.2 Å². The SMILES string of the molecule is COC(=O)C(CC(C)C)NC(=O)c1cc(Cl)nnc1Cl. The lowest BCUT2D eigenvalue weighted by Gasteiger charge is -2.18. The fraction of sp³-hybridized carbons (Fsp3) is 0.500. The maximum absolute atomic E-state index is 12.1. The van der Waals surface area contributed by atoms with E-state index in [-0.39, 0.29) is 21.8 Å². The molecule has 1 amide bonds. The minimum absolute atomic E-state index is 0.0398. The quantitative estimate of drug-likeness (QED) is 0.840. The van der Waals surface area contributed by atoms with Gasteiger partial charge in [-0.1, -0.05) is 37.0 Å². The summed E-state index contributed by atoms with van der Waals surface area (Å²) in [6.07, 6.45) is 0.447. The van der Waals surface area contributed by atoms with Crippen LogP contribution < -0.4 is 5.32 Å². The van der Waals surface area contributed by atoms with Gasteiger partial charge in [0.1, 0.15) is 6.04 Å². The second-order valence-corrected chi connectivity index (χ2v) is 5.30. The van der Waals surface area contributed by atoms with Crippen LogP contribution in [0, 0.1) is 5.92 Å². The van der Waals surface area contributed by atoms with Crippen LogP contribution in [0.1, 0.15) is 30.6 Å². The molecule has 1 unspecified atom stereocenters. The van der Waals surface area contributed by atoms with Crippen LogP contribution in [0.2, 0.25) is 10.3 Å². The molecule has 0 saturated heterocycles. The molecule has 1 heterocycles. The van der Waals surface area contributed by atoms with Crippen molar-refractivity contribution >= 4 is 35.1 Å². The Labute approximate surface area is 126 Å². The zero-order valence-electron chi connectivity index (χ0n) is 11.3. The van der Waals surface area contributed by atoms with Gasteiger partial charge in [0, 0.05) is 0 Å². The number of methoxy groups -OCH3 is 1. The van der Waals surface area contributed by atoms with Gasteiger partial charge in [-0.05, 0) is 18.4 Å². The summed E-state index contributed by atoms with van der Waals surface area (Å²) in [6, 6.07) is 0.533. The molecule has 1 aromatic rings. The molecule has 1 N–H and O–H groups in total. The lowest BCUT2D eigenvalue weighted by Crippen LogP contribution is -2.42. The van der Waals surface area contributed by atoms with E-state index in [2.05, 4.69) is 20.3 Å². The van der Waals surface area contributed by atoms with Crippen LogP contribution in [-0.4, -0.2) is 35.2 Å². The van der Waals surface area contributed by atoms with Crippen LogP contribution in [0.4, 0.5) is 0 Å². The first-order valence-electron chi connectivity index (χ1n) is 5.92. The van der Waals surface area contributed by atoms with E-state index in [1.165, 1.54) is 13.2 Å². The van der Waals surface area contributed by atoms with Crippen molar-refractivity contribution in [1.82, 2.24) is 15.5 Å². The topological polar surface area (TPSA) is 81.2 Å². The number of rotatable bonds is 5. The fourth-order valence-corrected chi connectivity index (χ4v) is 1.90. The van der Waals surface area contributed by atoms with Gasteiger partial charge in [0.2, 0.25) is 0 Å².